The van der Waals surface area contributed by atoms with Crippen molar-refractivity contribution in [2.24, 2.45) is 0 Å². The molecule has 2 aliphatic rings. The van der Waals surface area contributed by atoms with Crippen LogP contribution in [-0.2, 0) is 6.42 Å². The summed E-state index contributed by atoms with van der Waals surface area (Å²) >= 11 is 12.9. The molecule has 4 rings (SSSR count). The van der Waals surface area contributed by atoms with Crippen LogP contribution in [0.2, 0.25) is 0 Å². The van der Waals surface area contributed by atoms with Gasteiger partial charge in [-0.1, -0.05) is 59.1 Å². The maximum Gasteiger partial charge on any atom is 0.0452 e. The van der Waals surface area contributed by atoms with E-state index in [0.29, 0.717) is 0 Å². The maximum absolute atomic E-state index is 6.66. The first-order valence-corrected chi connectivity index (χ1v) is 10.2. The van der Waals surface area contributed by atoms with E-state index in [1.165, 1.54) is 39.0 Å². The average Bonchev–Trinajstić information content (AvgIpc) is 2.81. The number of halogens is 2. The first-order valence-electron chi connectivity index (χ1n) is 9.47. The van der Waals surface area contributed by atoms with Gasteiger partial charge in [0.1, 0.15) is 0 Å². The van der Waals surface area contributed by atoms with Crippen LogP contribution in [0.15, 0.2) is 69.8 Å². The van der Waals surface area contributed by atoms with Crippen LogP contribution < -0.4 is 5.73 Å². The molecule has 0 aromatic heterocycles. The summed E-state index contributed by atoms with van der Waals surface area (Å²) in [5.74, 6) is 0. The number of rotatable bonds is 2. The van der Waals surface area contributed by atoms with E-state index in [0.717, 1.165) is 47.9 Å². The number of benzene rings is 2. The third kappa shape index (κ3) is 3.72. The molecule has 2 aromatic rings. The van der Waals surface area contributed by atoms with E-state index >= 15 is 0 Å². The molecule has 0 amide bonds. The number of allylic oxidation sites excluding steroid dienone is 5. The Morgan fingerprint density at radius 1 is 0.852 bits per heavy atom. The van der Waals surface area contributed by atoms with E-state index in [9.17, 15) is 0 Å². The van der Waals surface area contributed by atoms with Gasteiger partial charge < -0.3 is 5.73 Å². The predicted molar refractivity (Wildman–Crippen MR) is 117 cm³/mol. The highest BCUT2D eigenvalue weighted by molar-refractivity contribution is 6.35. The molecular weight excluding hydrogens is 373 g/mol. The molecular formula is C24H23Cl2N. The van der Waals surface area contributed by atoms with Gasteiger partial charge in [-0.2, -0.15) is 0 Å². The molecule has 2 N–H and O–H groups in total. The zero-order valence-electron chi connectivity index (χ0n) is 15.5. The second-order valence-electron chi connectivity index (χ2n) is 7.41. The summed E-state index contributed by atoms with van der Waals surface area (Å²) in [5.41, 5.74) is 15.9. The summed E-state index contributed by atoms with van der Waals surface area (Å²) < 4.78 is 0. The molecule has 138 valence electrons. The SMILES string of the molecule is Cc1ccc(C2=C(C3=C(Cl)C=C(Cl)CC3)CCCc3cc(N)ccc32)cc1. The molecule has 0 unspecified atom stereocenters. The number of nitrogen functional groups attached to an aromatic ring is 1. The Labute approximate surface area is 171 Å². The lowest BCUT2D eigenvalue weighted by Crippen LogP contribution is -2.02. The van der Waals surface area contributed by atoms with Gasteiger partial charge in [-0.15, -0.1) is 0 Å². The van der Waals surface area contributed by atoms with Gasteiger partial charge in [0.05, 0.1) is 0 Å². The summed E-state index contributed by atoms with van der Waals surface area (Å²) in [7, 11) is 0. The lowest BCUT2D eigenvalue weighted by molar-refractivity contribution is 0.810. The summed E-state index contributed by atoms with van der Waals surface area (Å²) in [6.45, 7) is 2.12. The van der Waals surface area contributed by atoms with Gasteiger partial charge in [0.2, 0.25) is 0 Å². The van der Waals surface area contributed by atoms with Crippen molar-refractivity contribution in [3.63, 3.8) is 0 Å². The Bertz CT molecular complexity index is 978. The summed E-state index contributed by atoms with van der Waals surface area (Å²) in [4.78, 5) is 0. The molecule has 3 heteroatoms. The third-order valence-corrected chi connectivity index (χ3v) is 6.10. The normalized spacial score (nSPS) is 17.5. The van der Waals surface area contributed by atoms with Crippen molar-refractivity contribution in [1.29, 1.82) is 0 Å². The van der Waals surface area contributed by atoms with Gasteiger partial charge in [-0.25, -0.2) is 0 Å². The predicted octanol–water partition coefficient (Wildman–Crippen LogP) is 7.12. The van der Waals surface area contributed by atoms with Gasteiger partial charge in [0.25, 0.3) is 0 Å². The zero-order valence-corrected chi connectivity index (χ0v) is 17.0. The molecule has 0 radical (unpaired) electrons. The first-order chi connectivity index (χ1) is 13.0. The highest BCUT2D eigenvalue weighted by Gasteiger charge is 2.24. The lowest BCUT2D eigenvalue weighted by Gasteiger charge is -2.21. The third-order valence-electron chi connectivity index (χ3n) is 5.46. The molecule has 1 nitrogen and oxygen atoms in total. The topological polar surface area (TPSA) is 26.0 Å². The van der Waals surface area contributed by atoms with E-state index in [1.54, 1.807) is 0 Å². The van der Waals surface area contributed by atoms with Crippen LogP contribution in [0.4, 0.5) is 5.69 Å². The van der Waals surface area contributed by atoms with Gasteiger partial charge in [-0.05, 0) is 90.6 Å². The van der Waals surface area contributed by atoms with E-state index in [-0.39, 0.29) is 0 Å². The largest absolute Gasteiger partial charge is 0.399 e. The highest BCUT2D eigenvalue weighted by Crippen LogP contribution is 2.43. The smallest absolute Gasteiger partial charge is 0.0452 e. The average molecular weight is 396 g/mol. The minimum Gasteiger partial charge on any atom is -0.399 e. The van der Waals surface area contributed by atoms with E-state index in [4.69, 9.17) is 28.9 Å². The van der Waals surface area contributed by atoms with Crippen LogP contribution in [0.5, 0.6) is 0 Å². The molecule has 0 fully saturated rings. The van der Waals surface area contributed by atoms with Crippen LogP contribution in [0, 0.1) is 6.92 Å². The number of nitrogens with two attached hydrogens (primary N) is 1. The maximum atomic E-state index is 6.66. The highest BCUT2D eigenvalue weighted by atomic mass is 35.5. The molecule has 0 saturated heterocycles. The summed E-state index contributed by atoms with van der Waals surface area (Å²) in [5, 5.41) is 1.62. The number of fused-ring (bicyclic) bond motifs is 1. The summed E-state index contributed by atoms with van der Waals surface area (Å²) in [6.07, 6.45) is 6.79. The van der Waals surface area contributed by atoms with Gasteiger partial charge in [0, 0.05) is 15.8 Å². The fourth-order valence-electron chi connectivity index (χ4n) is 4.11. The molecule has 0 atom stereocenters. The van der Waals surface area contributed by atoms with Crippen molar-refractivity contribution >= 4 is 34.5 Å². The van der Waals surface area contributed by atoms with Crippen LogP contribution in [0.25, 0.3) is 5.57 Å². The quantitative estimate of drug-likeness (QED) is 0.537. The summed E-state index contributed by atoms with van der Waals surface area (Å²) in [6, 6.07) is 15.1. The Balaban J connectivity index is 2.00. The molecule has 2 aliphatic carbocycles. The van der Waals surface area contributed by atoms with Crippen LogP contribution in [0.1, 0.15) is 47.9 Å². The molecule has 27 heavy (non-hydrogen) atoms. The van der Waals surface area contributed by atoms with Crippen molar-refractivity contribution in [2.75, 3.05) is 5.73 Å². The fraction of sp³-hybridized carbons (Fsp3) is 0.250. The van der Waals surface area contributed by atoms with Gasteiger partial charge in [0.15, 0.2) is 0 Å². The number of hydrogen-bond acceptors (Lipinski definition) is 1. The van der Waals surface area contributed by atoms with Crippen molar-refractivity contribution in [1.82, 2.24) is 0 Å². The van der Waals surface area contributed by atoms with E-state index in [1.807, 2.05) is 12.1 Å². The Morgan fingerprint density at radius 2 is 1.63 bits per heavy atom. The Hall–Kier alpha value is -1.96. The number of hydrogen-bond donors (Lipinski definition) is 1. The molecule has 0 saturated carbocycles. The molecule has 0 aliphatic heterocycles. The van der Waals surface area contributed by atoms with Crippen molar-refractivity contribution in [3.8, 4) is 0 Å². The van der Waals surface area contributed by atoms with Crippen molar-refractivity contribution in [3.05, 3.63) is 92.0 Å². The fourth-order valence-corrected chi connectivity index (χ4v) is 4.71. The number of aryl methyl sites for hydroxylation is 2. The minimum atomic E-state index is 0.782. The van der Waals surface area contributed by atoms with E-state index in [2.05, 4.69) is 43.3 Å². The molecule has 0 bridgehead atoms. The standard InChI is InChI=1S/C24H23Cl2N/c1-15-5-7-16(8-6-15)24-20-12-10-19(27)13-17(20)3-2-4-22(24)21-11-9-18(25)14-23(21)26/h5-8,10,12-14H,2-4,9,11,27H2,1H3. The van der Waals surface area contributed by atoms with Gasteiger partial charge >= 0.3 is 0 Å². The van der Waals surface area contributed by atoms with Crippen molar-refractivity contribution in [2.45, 2.75) is 39.0 Å². The Kier molecular flexibility index (Phi) is 5.16. The Morgan fingerprint density at radius 3 is 2.37 bits per heavy atom. The van der Waals surface area contributed by atoms with Crippen LogP contribution >= 0.6 is 23.2 Å². The molecule has 2 aromatic carbocycles. The molecule has 0 spiro atoms. The van der Waals surface area contributed by atoms with Crippen LogP contribution in [0.3, 0.4) is 0 Å². The first kappa shape index (κ1) is 18.4. The minimum absolute atomic E-state index is 0.782. The second kappa shape index (κ2) is 7.58. The number of anilines is 1. The van der Waals surface area contributed by atoms with Gasteiger partial charge in [-0.3, -0.25) is 0 Å². The lowest BCUT2D eigenvalue weighted by atomic mass is 9.85. The van der Waals surface area contributed by atoms with Crippen molar-refractivity contribution < 1.29 is 0 Å². The second-order valence-corrected chi connectivity index (χ2v) is 8.30. The van der Waals surface area contributed by atoms with E-state index < -0.39 is 0 Å². The monoisotopic (exact) mass is 395 g/mol. The zero-order chi connectivity index (χ0) is 19.0. The molecule has 0 heterocycles. The van der Waals surface area contributed by atoms with Crippen LogP contribution in [-0.4, -0.2) is 0 Å².